The molecule has 2 atom stereocenters. The fourth-order valence-electron chi connectivity index (χ4n) is 6.56. The van der Waals surface area contributed by atoms with Crippen molar-refractivity contribution < 1.29 is 18.3 Å². The first-order valence-electron chi connectivity index (χ1n) is 14.6. The van der Waals surface area contributed by atoms with Gasteiger partial charge in [-0.3, -0.25) is 9.69 Å². The summed E-state index contributed by atoms with van der Waals surface area (Å²) in [5.74, 6) is -2.23. The number of anilines is 2. The molecule has 1 aromatic heterocycles. The summed E-state index contributed by atoms with van der Waals surface area (Å²) in [6.45, 7) is 6.04. The molecule has 0 N–H and O–H groups in total. The first kappa shape index (κ1) is 28.8. The third kappa shape index (κ3) is 5.84. The number of piperazine rings is 1. The highest BCUT2D eigenvalue weighted by atomic mass is 19.3. The Bertz CT molecular complexity index is 1570. The summed E-state index contributed by atoms with van der Waals surface area (Å²) in [6, 6.07) is 16.1. The van der Waals surface area contributed by atoms with Crippen LogP contribution in [-0.2, 0) is 17.8 Å². The van der Waals surface area contributed by atoms with E-state index in [2.05, 4.69) is 52.8 Å². The topological polar surface area (TPSA) is 88.8 Å². The smallest absolute Gasteiger partial charge is 0.318 e. The number of hydrogen-bond acceptors (Lipinski definition) is 8. The maximum atomic E-state index is 14.0. The number of hydrogen-bond donors (Lipinski definition) is 0. The van der Waals surface area contributed by atoms with Crippen molar-refractivity contribution in [2.24, 2.45) is 0 Å². The zero-order valence-corrected chi connectivity index (χ0v) is 24.3. The van der Waals surface area contributed by atoms with Gasteiger partial charge in [-0.1, -0.05) is 43.0 Å². The SMILES string of the molecule is C=CC(=O)N1CCN(c2nc(OCC3CC(F)(F)CN3C)nc3c2CCN(c2cccc4ccccc24)C3)CC1CC#N. The number of amides is 1. The minimum absolute atomic E-state index is 0.0516. The molecule has 43 heavy (non-hydrogen) atoms. The maximum Gasteiger partial charge on any atom is 0.318 e. The highest BCUT2D eigenvalue weighted by Gasteiger charge is 2.43. The van der Waals surface area contributed by atoms with E-state index in [1.807, 2.05) is 12.1 Å². The zero-order chi connectivity index (χ0) is 30.1. The average Bonchev–Trinajstić information content (AvgIpc) is 3.29. The fourth-order valence-corrected chi connectivity index (χ4v) is 6.56. The Morgan fingerprint density at radius 1 is 1.14 bits per heavy atom. The number of carbonyl (C=O) groups is 1. The van der Waals surface area contributed by atoms with Gasteiger partial charge in [-0.25, -0.2) is 8.78 Å². The number of rotatable bonds is 7. The van der Waals surface area contributed by atoms with E-state index in [0.717, 1.165) is 40.1 Å². The summed E-state index contributed by atoms with van der Waals surface area (Å²) in [5, 5.41) is 11.8. The van der Waals surface area contributed by atoms with Crippen molar-refractivity contribution in [1.29, 1.82) is 5.26 Å². The first-order valence-corrected chi connectivity index (χ1v) is 14.6. The van der Waals surface area contributed by atoms with Crippen molar-refractivity contribution in [1.82, 2.24) is 19.8 Å². The third-order valence-corrected chi connectivity index (χ3v) is 8.74. The Balaban J connectivity index is 1.32. The highest BCUT2D eigenvalue weighted by molar-refractivity contribution is 5.94. The molecule has 0 spiro atoms. The Morgan fingerprint density at radius 3 is 2.72 bits per heavy atom. The number of nitrogens with zero attached hydrogens (tertiary/aromatic N) is 7. The molecule has 3 aliphatic heterocycles. The zero-order valence-electron chi connectivity index (χ0n) is 24.3. The van der Waals surface area contributed by atoms with Gasteiger partial charge in [0.1, 0.15) is 12.4 Å². The van der Waals surface area contributed by atoms with E-state index in [1.165, 1.54) is 6.08 Å². The lowest BCUT2D eigenvalue weighted by Crippen LogP contribution is -2.55. The molecular weight excluding hydrogens is 552 g/mol. The van der Waals surface area contributed by atoms with Gasteiger partial charge in [0.25, 0.3) is 5.92 Å². The van der Waals surface area contributed by atoms with Crippen LogP contribution in [0.4, 0.5) is 20.3 Å². The van der Waals surface area contributed by atoms with Crippen molar-refractivity contribution in [2.45, 2.75) is 43.8 Å². The highest BCUT2D eigenvalue weighted by Crippen LogP contribution is 2.35. The number of aromatic nitrogens is 2. The maximum absolute atomic E-state index is 14.0. The van der Waals surface area contributed by atoms with Crippen LogP contribution in [0.2, 0.25) is 0 Å². The first-order chi connectivity index (χ1) is 20.8. The predicted octanol–water partition coefficient (Wildman–Crippen LogP) is 4.03. The van der Waals surface area contributed by atoms with Crippen LogP contribution in [0.25, 0.3) is 10.8 Å². The van der Waals surface area contributed by atoms with Gasteiger partial charge in [0.15, 0.2) is 0 Å². The molecule has 0 bridgehead atoms. The van der Waals surface area contributed by atoms with E-state index in [9.17, 15) is 18.8 Å². The van der Waals surface area contributed by atoms with Gasteiger partial charge in [-0.05, 0) is 31.0 Å². The van der Waals surface area contributed by atoms with Crippen molar-refractivity contribution >= 4 is 28.2 Å². The second-order valence-corrected chi connectivity index (χ2v) is 11.6. The molecule has 6 rings (SSSR count). The van der Waals surface area contributed by atoms with Gasteiger partial charge < -0.3 is 19.4 Å². The van der Waals surface area contributed by atoms with Crippen LogP contribution < -0.4 is 14.5 Å². The Kier molecular flexibility index (Phi) is 7.88. The fraction of sp³-hybridized carbons (Fsp3) is 0.438. The molecule has 1 amide bonds. The number of likely N-dealkylation sites (N-methyl/N-ethyl adjacent to an activating group) is 1. The van der Waals surface area contributed by atoms with Gasteiger partial charge in [0.05, 0.1) is 37.3 Å². The summed E-state index contributed by atoms with van der Waals surface area (Å²) in [6.07, 6.45) is 1.89. The minimum atomic E-state index is -2.75. The Hall–Kier alpha value is -4.30. The third-order valence-electron chi connectivity index (χ3n) is 8.74. The molecule has 2 aromatic carbocycles. The number of likely N-dealkylation sites (tertiary alicyclic amines) is 1. The van der Waals surface area contributed by atoms with Crippen LogP contribution in [0, 0.1) is 11.3 Å². The van der Waals surface area contributed by atoms with Crippen LogP contribution in [0.1, 0.15) is 24.1 Å². The summed E-state index contributed by atoms with van der Waals surface area (Å²) in [7, 11) is 1.68. The Labute approximate surface area is 250 Å². The van der Waals surface area contributed by atoms with Crippen LogP contribution >= 0.6 is 0 Å². The molecule has 2 fully saturated rings. The van der Waals surface area contributed by atoms with Gasteiger partial charge in [0, 0.05) is 55.3 Å². The largest absolute Gasteiger partial charge is 0.462 e. The van der Waals surface area contributed by atoms with Crippen molar-refractivity contribution in [2.75, 3.05) is 56.2 Å². The molecule has 0 radical (unpaired) electrons. The monoisotopic (exact) mass is 587 g/mol. The number of halogens is 2. The van der Waals surface area contributed by atoms with Crippen LogP contribution in [0.5, 0.6) is 6.01 Å². The average molecular weight is 588 g/mol. The van der Waals surface area contributed by atoms with E-state index in [-0.39, 0.29) is 44.0 Å². The lowest BCUT2D eigenvalue weighted by Gasteiger charge is -2.42. The standard InChI is InChI=1S/C32H35F2N7O2/c1-3-29(42)41-16-15-40(18-23(41)11-13-35)30-26-12-14-39(28-10-6-8-22-7-4-5-9-25(22)28)19-27(26)36-31(37-30)43-20-24-17-32(33,34)21-38(24)2/h3-10,23-24H,1,11-12,14-21H2,2H3. The Morgan fingerprint density at radius 2 is 1.95 bits per heavy atom. The molecule has 224 valence electrons. The van der Waals surface area contributed by atoms with E-state index in [0.29, 0.717) is 32.6 Å². The lowest BCUT2D eigenvalue weighted by molar-refractivity contribution is -0.128. The summed E-state index contributed by atoms with van der Waals surface area (Å²) < 4.78 is 34.1. The summed E-state index contributed by atoms with van der Waals surface area (Å²) >= 11 is 0. The van der Waals surface area contributed by atoms with E-state index >= 15 is 0 Å². The molecule has 0 aliphatic carbocycles. The molecular formula is C32H35F2N7O2. The molecule has 4 heterocycles. The van der Waals surface area contributed by atoms with Gasteiger partial charge >= 0.3 is 6.01 Å². The molecule has 2 unspecified atom stereocenters. The quantitative estimate of drug-likeness (QED) is 0.383. The normalized spacial score (nSPS) is 21.9. The summed E-state index contributed by atoms with van der Waals surface area (Å²) in [5.41, 5.74) is 2.95. The summed E-state index contributed by atoms with van der Waals surface area (Å²) in [4.78, 5) is 29.9. The molecule has 3 aliphatic rings. The van der Waals surface area contributed by atoms with Gasteiger partial charge in [-0.15, -0.1) is 0 Å². The molecule has 9 nitrogen and oxygen atoms in total. The number of fused-ring (bicyclic) bond motifs is 2. The molecule has 3 aromatic rings. The van der Waals surface area contributed by atoms with E-state index in [1.54, 1.807) is 16.8 Å². The molecule has 11 heteroatoms. The van der Waals surface area contributed by atoms with Gasteiger partial charge in [-0.2, -0.15) is 15.2 Å². The minimum Gasteiger partial charge on any atom is -0.462 e. The van der Waals surface area contributed by atoms with Crippen LogP contribution in [0.15, 0.2) is 55.1 Å². The van der Waals surface area contributed by atoms with Crippen molar-refractivity contribution in [3.05, 3.63) is 66.4 Å². The molecule has 2 saturated heterocycles. The van der Waals surface area contributed by atoms with Gasteiger partial charge in [0.2, 0.25) is 5.91 Å². The van der Waals surface area contributed by atoms with Crippen molar-refractivity contribution in [3.8, 4) is 12.1 Å². The number of carbonyl (C=O) groups excluding carboxylic acids is 1. The van der Waals surface area contributed by atoms with Crippen LogP contribution in [-0.4, -0.2) is 90.1 Å². The van der Waals surface area contributed by atoms with Crippen LogP contribution in [0.3, 0.4) is 0 Å². The van der Waals surface area contributed by atoms with Crippen molar-refractivity contribution in [3.63, 3.8) is 0 Å². The van der Waals surface area contributed by atoms with E-state index < -0.39 is 12.0 Å². The van der Waals surface area contributed by atoms with E-state index in [4.69, 9.17) is 14.7 Å². The number of benzene rings is 2. The molecule has 0 saturated carbocycles. The number of alkyl halides is 2. The predicted molar refractivity (Wildman–Crippen MR) is 160 cm³/mol. The second kappa shape index (κ2) is 11.8. The number of ether oxygens (including phenoxy) is 1. The second-order valence-electron chi connectivity index (χ2n) is 11.6. The number of nitriles is 1. The lowest BCUT2D eigenvalue weighted by atomic mass is 10.0.